The van der Waals surface area contributed by atoms with E-state index in [1.807, 2.05) is 6.07 Å². The van der Waals surface area contributed by atoms with Gasteiger partial charge < -0.3 is 14.8 Å². The van der Waals surface area contributed by atoms with Crippen LogP contribution in [0.15, 0.2) is 18.2 Å². The molecule has 0 aromatic heterocycles. The fourth-order valence-corrected chi connectivity index (χ4v) is 3.37. The Bertz CT molecular complexity index is 447. The highest BCUT2D eigenvalue weighted by molar-refractivity contribution is 5.85. The number of halogens is 1. The first-order chi connectivity index (χ1) is 9.76. The summed E-state index contributed by atoms with van der Waals surface area (Å²) in [4.78, 5) is 2.55. The van der Waals surface area contributed by atoms with Crippen LogP contribution in [0.2, 0.25) is 0 Å². The number of nitrogens with one attached hydrogen (secondary N) is 1. The maximum Gasteiger partial charge on any atom is 0.122 e. The topological polar surface area (TPSA) is 33.7 Å². The first kappa shape index (κ1) is 16.4. The lowest BCUT2D eigenvalue weighted by Gasteiger charge is -2.24. The Kier molecular flexibility index (Phi) is 5.73. The molecule has 2 aliphatic rings. The van der Waals surface area contributed by atoms with Gasteiger partial charge in [0.2, 0.25) is 0 Å². The summed E-state index contributed by atoms with van der Waals surface area (Å²) < 4.78 is 10.7. The summed E-state index contributed by atoms with van der Waals surface area (Å²) in [5.74, 6) is 1.74. The van der Waals surface area contributed by atoms with Crippen molar-refractivity contribution in [2.45, 2.75) is 37.9 Å². The van der Waals surface area contributed by atoms with Crippen LogP contribution in [-0.2, 0) is 6.54 Å². The molecule has 3 rings (SSSR count). The number of fused-ring (bicyclic) bond motifs is 2. The van der Waals surface area contributed by atoms with E-state index in [1.165, 1.54) is 31.4 Å². The highest BCUT2D eigenvalue weighted by atomic mass is 35.5. The highest BCUT2D eigenvalue weighted by Gasteiger charge is 2.29. The van der Waals surface area contributed by atoms with Crippen LogP contribution >= 0.6 is 12.4 Å². The van der Waals surface area contributed by atoms with Crippen molar-refractivity contribution < 1.29 is 9.47 Å². The molecule has 1 N–H and O–H groups in total. The molecule has 2 fully saturated rings. The van der Waals surface area contributed by atoms with Crippen LogP contribution in [-0.4, -0.2) is 44.3 Å². The average Bonchev–Trinajstić information content (AvgIpc) is 2.81. The van der Waals surface area contributed by atoms with Crippen molar-refractivity contribution in [1.82, 2.24) is 10.2 Å². The second kappa shape index (κ2) is 7.34. The fourth-order valence-electron chi connectivity index (χ4n) is 3.37. The van der Waals surface area contributed by atoms with Crippen LogP contribution in [0.3, 0.4) is 0 Å². The number of hydrogen-bond donors (Lipinski definition) is 1. The second-order valence-electron chi connectivity index (χ2n) is 5.88. The molecule has 0 aliphatic carbocycles. The molecular weight excluding hydrogens is 288 g/mol. The molecule has 5 heteroatoms. The number of methoxy groups -OCH3 is 2. The molecule has 2 unspecified atom stereocenters. The summed E-state index contributed by atoms with van der Waals surface area (Å²) >= 11 is 0. The number of rotatable bonds is 4. The molecule has 1 aromatic carbocycles. The standard InChI is InChI=1S/C16H24N2O2.ClH/c1-19-15-7-12(8-16(9-15)20-2)10-18-6-5-13-3-4-14(11-18)17-13;/h7-9,13-14,17H,3-6,10-11H2,1-2H3;1H. The summed E-state index contributed by atoms with van der Waals surface area (Å²) in [5, 5.41) is 3.72. The molecule has 2 saturated heterocycles. The van der Waals surface area contributed by atoms with Crippen molar-refractivity contribution in [3.63, 3.8) is 0 Å². The molecule has 0 amide bonds. The number of ether oxygens (including phenoxy) is 2. The van der Waals surface area contributed by atoms with E-state index >= 15 is 0 Å². The van der Waals surface area contributed by atoms with Crippen LogP contribution in [0.5, 0.6) is 11.5 Å². The van der Waals surface area contributed by atoms with Crippen LogP contribution < -0.4 is 14.8 Å². The van der Waals surface area contributed by atoms with Gasteiger partial charge in [0.15, 0.2) is 0 Å². The van der Waals surface area contributed by atoms with E-state index in [0.29, 0.717) is 6.04 Å². The predicted octanol–water partition coefficient (Wildman–Crippen LogP) is 2.45. The van der Waals surface area contributed by atoms with Gasteiger partial charge in [0.25, 0.3) is 0 Å². The number of likely N-dealkylation sites (tertiary alicyclic amines) is 1. The normalized spacial score (nSPS) is 25.0. The van der Waals surface area contributed by atoms with E-state index in [9.17, 15) is 0 Å². The van der Waals surface area contributed by atoms with Crippen molar-refractivity contribution in [1.29, 1.82) is 0 Å². The fraction of sp³-hybridized carbons (Fsp3) is 0.625. The number of nitrogens with zero attached hydrogens (tertiary/aromatic N) is 1. The molecule has 0 saturated carbocycles. The largest absolute Gasteiger partial charge is 0.497 e. The Morgan fingerprint density at radius 3 is 2.38 bits per heavy atom. The van der Waals surface area contributed by atoms with E-state index < -0.39 is 0 Å². The minimum Gasteiger partial charge on any atom is -0.497 e. The number of benzene rings is 1. The number of hydrogen-bond acceptors (Lipinski definition) is 4. The summed E-state index contributed by atoms with van der Waals surface area (Å²) in [6.45, 7) is 3.29. The quantitative estimate of drug-likeness (QED) is 0.926. The lowest BCUT2D eigenvalue weighted by molar-refractivity contribution is 0.250. The zero-order valence-corrected chi connectivity index (χ0v) is 13.6. The SMILES string of the molecule is COc1cc(CN2CCC3CCC(C2)N3)cc(OC)c1.Cl. The first-order valence-electron chi connectivity index (χ1n) is 7.47. The molecule has 2 bridgehead atoms. The lowest BCUT2D eigenvalue weighted by Crippen LogP contribution is -2.34. The zero-order valence-electron chi connectivity index (χ0n) is 12.8. The van der Waals surface area contributed by atoms with E-state index in [-0.39, 0.29) is 12.4 Å². The molecule has 0 spiro atoms. The van der Waals surface area contributed by atoms with Gasteiger partial charge in [-0.25, -0.2) is 0 Å². The molecule has 1 aromatic rings. The molecular formula is C16H25ClN2O2. The Hall–Kier alpha value is -0.970. The third kappa shape index (κ3) is 4.02. The Labute approximate surface area is 133 Å². The van der Waals surface area contributed by atoms with Crippen molar-refractivity contribution in [2.24, 2.45) is 0 Å². The van der Waals surface area contributed by atoms with Crippen molar-refractivity contribution in [3.05, 3.63) is 23.8 Å². The van der Waals surface area contributed by atoms with Gasteiger partial charge in [-0.3, -0.25) is 4.90 Å². The molecule has 0 radical (unpaired) electrons. The monoisotopic (exact) mass is 312 g/mol. The van der Waals surface area contributed by atoms with Crippen LogP contribution in [0.25, 0.3) is 0 Å². The maximum atomic E-state index is 5.35. The van der Waals surface area contributed by atoms with E-state index in [4.69, 9.17) is 9.47 Å². The minimum atomic E-state index is 0. The third-order valence-corrected chi connectivity index (χ3v) is 4.42. The van der Waals surface area contributed by atoms with Gasteiger partial charge in [-0.1, -0.05) is 0 Å². The van der Waals surface area contributed by atoms with Gasteiger partial charge in [-0.2, -0.15) is 0 Å². The molecule has 2 aliphatic heterocycles. The lowest BCUT2D eigenvalue weighted by atomic mass is 10.1. The van der Waals surface area contributed by atoms with Crippen LogP contribution in [0.1, 0.15) is 24.8 Å². The third-order valence-electron chi connectivity index (χ3n) is 4.42. The molecule has 2 atom stereocenters. The highest BCUT2D eigenvalue weighted by Crippen LogP contribution is 2.25. The van der Waals surface area contributed by atoms with Crippen molar-refractivity contribution in [3.8, 4) is 11.5 Å². The summed E-state index contributed by atoms with van der Waals surface area (Å²) in [6.07, 6.45) is 3.94. The molecule has 4 nitrogen and oxygen atoms in total. The van der Waals surface area contributed by atoms with Gasteiger partial charge in [0.1, 0.15) is 11.5 Å². The van der Waals surface area contributed by atoms with Gasteiger partial charge in [0.05, 0.1) is 14.2 Å². The maximum absolute atomic E-state index is 5.35. The van der Waals surface area contributed by atoms with Gasteiger partial charge >= 0.3 is 0 Å². The van der Waals surface area contributed by atoms with Crippen LogP contribution in [0, 0.1) is 0 Å². The molecule has 118 valence electrons. The Balaban J connectivity index is 0.00000161. The molecule has 21 heavy (non-hydrogen) atoms. The molecule has 2 heterocycles. The van der Waals surface area contributed by atoms with Crippen molar-refractivity contribution >= 4 is 12.4 Å². The van der Waals surface area contributed by atoms with E-state index in [1.54, 1.807) is 14.2 Å². The predicted molar refractivity (Wildman–Crippen MR) is 86.6 cm³/mol. The first-order valence-corrected chi connectivity index (χ1v) is 7.47. The van der Waals surface area contributed by atoms with Gasteiger partial charge in [0, 0.05) is 37.8 Å². The summed E-state index contributed by atoms with van der Waals surface area (Å²) in [7, 11) is 3.40. The summed E-state index contributed by atoms with van der Waals surface area (Å²) in [6, 6.07) is 7.56. The smallest absolute Gasteiger partial charge is 0.122 e. The van der Waals surface area contributed by atoms with E-state index in [2.05, 4.69) is 22.3 Å². The van der Waals surface area contributed by atoms with Crippen LogP contribution in [0.4, 0.5) is 0 Å². The van der Waals surface area contributed by atoms with Gasteiger partial charge in [-0.15, -0.1) is 12.4 Å². The van der Waals surface area contributed by atoms with E-state index in [0.717, 1.165) is 30.6 Å². The Morgan fingerprint density at radius 2 is 1.71 bits per heavy atom. The average molecular weight is 313 g/mol. The Morgan fingerprint density at radius 1 is 1.05 bits per heavy atom. The summed E-state index contributed by atoms with van der Waals surface area (Å²) in [5.41, 5.74) is 1.26. The minimum absolute atomic E-state index is 0. The van der Waals surface area contributed by atoms with Gasteiger partial charge in [-0.05, 0) is 37.0 Å². The second-order valence-corrected chi connectivity index (χ2v) is 5.88. The zero-order chi connectivity index (χ0) is 13.9. The van der Waals surface area contributed by atoms with Crippen molar-refractivity contribution in [2.75, 3.05) is 27.3 Å².